The molecule has 124 valence electrons. The minimum atomic E-state index is -0.495. The van der Waals surface area contributed by atoms with Crippen molar-refractivity contribution in [3.63, 3.8) is 0 Å². The molecule has 0 spiro atoms. The predicted molar refractivity (Wildman–Crippen MR) is 94.8 cm³/mol. The van der Waals surface area contributed by atoms with Gasteiger partial charge in [0.25, 0.3) is 0 Å². The van der Waals surface area contributed by atoms with Gasteiger partial charge in [0.15, 0.2) is 0 Å². The summed E-state index contributed by atoms with van der Waals surface area (Å²) in [6, 6.07) is 8.01. The average molecular weight is 323 g/mol. The second kappa shape index (κ2) is 6.03. The van der Waals surface area contributed by atoms with Crippen LogP contribution in [-0.2, 0) is 4.79 Å². The molecule has 1 aromatic carbocycles. The standard InChI is InChI=1S/C18H19N5O.H2/c19-9-13-16(15-12-7-3-4-8-14(12)23-18(15)24)20-10-21-17(13)22-11-5-1-2-6-11;/h3-4,7-11,15,19H,1-2,5-6H2,(H,23,24)(H,20,21,22);1H. The second-order valence-corrected chi connectivity index (χ2v) is 6.30. The van der Waals surface area contributed by atoms with E-state index in [1.807, 2.05) is 24.3 Å². The van der Waals surface area contributed by atoms with Crippen molar-refractivity contribution in [2.24, 2.45) is 0 Å². The summed E-state index contributed by atoms with van der Waals surface area (Å²) in [7, 11) is 0. The van der Waals surface area contributed by atoms with Gasteiger partial charge < -0.3 is 16.0 Å². The molecule has 1 unspecified atom stereocenters. The third-order valence-electron chi connectivity index (χ3n) is 4.82. The lowest BCUT2D eigenvalue weighted by molar-refractivity contribution is -0.116. The molecule has 1 saturated carbocycles. The minimum Gasteiger partial charge on any atom is -0.367 e. The molecule has 1 aliphatic carbocycles. The second-order valence-electron chi connectivity index (χ2n) is 6.30. The number of rotatable bonds is 4. The first-order valence-corrected chi connectivity index (χ1v) is 8.29. The van der Waals surface area contributed by atoms with Crippen LogP contribution in [0.1, 0.15) is 49.8 Å². The number of nitrogens with zero attached hydrogens (tertiary/aromatic N) is 2. The van der Waals surface area contributed by atoms with Gasteiger partial charge in [0.05, 0.1) is 11.3 Å². The Labute approximate surface area is 141 Å². The first-order valence-electron chi connectivity index (χ1n) is 8.29. The van der Waals surface area contributed by atoms with Crippen LogP contribution in [0.5, 0.6) is 0 Å². The lowest BCUT2D eigenvalue weighted by Crippen LogP contribution is -2.21. The maximum absolute atomic E-state index is 12.5. The normalized spacial score (nSPS) is 19.8. The zero-order valence-corrected chi connectivity index (χ0v) is 13.2. The Kier molecular flexibility index (Phi) is 3.72. The number of fused-ring (bicyclic) bond motifs is 1. The third-order valence-corrected chi connectivity index (χ3v) is 4.82. The Bertz CT molecular complexity index is 804. The number of carbonyl (C=O) groups excluding carboxylic acids is 1. The van der Waals surface area contributed by atoms with Crippen LogP contribution in [0.3, 0.4) is 0 Å². The molecule has 1 fully saturated rings. The van der Waals surface area contributed by atoms with Crippen molar-refractivity contribution in [3.05, 3.63) is 47.4 Å². The fourth-order valence-electron chi connectivity index (χ4n) is 3.64. The van der Waals surface area contributed by atoms with Crippen molar-refractivity contribution < 1.29 is 6.22 Å². The van der Waals surface area contributed by atoms with Crippen LogP contribution < -0.4 is 10.6 Å². The fourth-order valence-corrected chi connectivity index (χ4v) is 3.64. The van der Waals surface area contributed by atoms with Gasteiger partial charge in [-0.2, -0.15) is 0 Å². The maximum Gasteiger partial charge on any atom is 0.238 e. The number of nitrogens with one attached hydrogen (secondary N) is 3. The lowest BCUT2D eigenvalue weighted by Gasteiger charge is -2.18. The Balaban J connectivity index is 0.00000182. The summed E-state index contributed by atoms with van der Waals surface area (Å²) in [6.45, 7) is 0. The topological polar surface area (TPSA) is 90.8 Å². The SMILES string of the molecule is N=Cc1c(NC2CCCC2)ncnc1C1C(=O)Nc2ccccc21.[HH]. The molecule has 2 aromatic rings. The summed E-state index contributed by atoms with van der Waals surface area (Å²) >= 11 is 0. The number of aromatic nitrogens is 2. The Morgan fingerprint density at radius 1 is 1.25 bits per heavy atom. The molecule has 0 bridgehead atoms. The highest BCUT2D eigenvalue weighted by Crippen LogP contribution is 2.38. The van der Waals surface area contributed by atoms with Gasteiger partial charge in [-0.1, -0.05) is 31.0 Å². The summed E-state index contributed by atoms with van der Waals surface area (Å²) in [5.74, 6) is 0.0498. The molecule has 1 atom stereocenters. The molecule has 4 rings (SSSR count). The van der Waals surface area contributed by atoms with E-state index in [4.69, 9.17) is 5.41 Å². The average Bonchev–Trinajstić information content (AvgIpc) is 3.21. The van der Waals surface area contributed by atoms with Crippen molar-refractivity contribution in [1.82, 2.24) is 9.97 Å². The fraction of sp³-hybridized carbons (Fsp3) is 0.333. The molecule has 2 aliphatic rings. The molecule has 6 nitrogen and oxygen atoms in total. The third kappa shape index (κ3) is 2.44. The summed E-state index contributed by atoms with van der Waals surface area (Å²) in [4.78, 5) is 21.2. The summed E-state index contributed by atoms with van der Waals surface area (Å²) in [5, 5.41) is 14.2. The van der Waals surface area contributed by atoms with Crippen molar-refractivity contribution in [2.75, 3.05) is 10.6 Å². The molecule has 24 heavy (non-hydrogen) atoms. The van der Waals surface area contributed by atoms with Crippen molar-refractivity contribution in [3.8, 4) is 0 Å². The number of anilines is 2. The molecule has 2 heterocycles. The number of carbonyl (C=O) groups is 1. The molecule has 1 amide bonds. The maximum atomic E-state index is 12.5. The van der Waals surface area contributed by atoms with Gasteiger partial charge in [-0.05, 0) is 24.5 Å². The monoisotopic (exact) mass is 323 g/mol. The van der Waals surface area contributed by atoms with Crippen LogP contribution >= 0.6 is 0 Å². The predicted octanol–water partition coefficient (Wildman–Crippen LogP) is 3.16. The molecule has 1 aliphatic heterocycles. The van der Waals surface area contributed by atoms with Crippen LogP contribution in [-0.4, -0.2) is 28.1 Å². The van der Waals surface area contributed by atoms with E-state index in [0.717, 1.165) is 24.1 Å². The van der Waals surface area contributed by atoms with Crippen LogP contribution in [0.25, 0.3) is 0 Å². The summed E-state index contributed by atoms with van der Waals surface area (Å²) in [6.07, 6.45) is 7.39. The molecular weight excluding hydrogens is 302 g/mol. The van der Waals surface area contributed by atoms with Gasteiger partial charge in [0, 0.05) is 19.4 Å². The van der Waals surface area contributed by atoms with Gasteiger partial charge in [-0.3, -0.25) is 4.79 Å². The van der Waals surface area contributed by atoms with Crippen molar-refractivity contribution in [1.29, 1.82) is 5.41 Å². The van der Waals surface area contributed by atoms with Crippen molar-refractivity contribution in [2.45, 2.75) is 37.6 Å². The number of benzene rings is 1. The molecular formula is C18H21N5O. The van der Waals surface area contributed by atoms with E-state index < -0.39 is 5.92 Å². The molecule has 0 radical (unpaired) electrons. The van der Waals surface area contributed by atoms with E-state index in [0.29, 0.717) is 23.1 Å². The van der Waals surface area contributed by atoms with E-state index in [2.05, 4.69) is 20.6 Å². The van der Waals surface area contributed by atoms with Crippen molar-refractivity contribution >= 4 is 23.6 Å². The molecule has 0 saturated heterocycles. The van der Waals surface area contributed by atoms with E-state index in [9.17, 15) is 4.79 Å². The largest absolute Gasteiger partial charge is 0.367 e. The highest BCUT2D eigenvalue weighted by Gasteiger charge is 2.35. The van der Waals surface area contributed by atoms with E-state index >= 15 is 0 Å². The minimum absolute atomic E-state index is 0. The first-order chi connectivity index (χ1) is 11.8. The lowest BCUT2D eigenvalue weighted by atomic mass is 9.94. The quantitative estimate of drug-likeness (QED) is 0.754. The van der Waals surface area contributed by atoms with Gasteiger partial charge in [-0.15, -0.1) is 0 Å². The van der Waals surface area contributed by atoms with Gasteiger partial charge in [0.2, 0.25) is 5.91 Å². The summed E-state index contributed by atoms with van der Waals surface area (Å²) < 4.78 is 0. The zero-order chi connectivity index (χ0) is 16.5. The van der Waals surface area contributed by atoms with Crippen LogP contribution in [0.15, 0.2) is 30.6 Å². The smallest absolute Gasteiger partial charge is 0.238 e. The summed E-state index contributed by atoms with van der Waals surface area (Å²) in [5.41, 5.74) is 2.90. The van der Waals surface area contributed by atoms with Crippen LogP contribution in [0.2, 0.25) is 0 Å². The Hall–Kier alpha value is -2.76. The highest BCUT2D eigenvalue weighted by atomic mass is 16.2. The van der Waals surface area contributed by atoms with E-state index in [1.54, 1.807) is 0 Å². The van der Waals surface area contributed by atoms with E-state index in [-0.39, 0.29) is 7.33 Å². The van der Waals surface area contributed by atoms with Gasteiger partial charge in [0.1, 0.15) is 18.1 Å². The Morgan fingerprint density at radius 3 is 2.83 bits per heavy atom. The number of hydrogen-bond acceptors (Lipinski definition) is 5. The first kappa shape index (κ1) is 14.8. The van der Waals surface area contributed by atoms with E-state index in [1.165, 1.54) is 25.4 Å². The molecule has 6 heteroatoms. The molecule has 1 aromatic heterocycles. The van der Waals surface area contributed by atoms with Gasteiger partial charge in [-0.25, -0.2) is 9.97 Å². The zero-order valence-electron chi connectivity index (χ0n) is 13.2. The van der Waals surface area contributed by atoms with Crippen LogP contribution in [0.4, 0.5) is 11.5 Å². The number of hydrogen-bond donors (Lipinski definition) is 3. The molecule has 3 N–H and O–H groups in total. The Morgan fingerprint density at radius 2 is 2.04 bits per heavy atom. The van der Waals surface area contributed by atoms with Gasteiger partial charge >= 0.3 is 0 Å². The highest BCUT2D eigenvalue weighted by molar-refractivity contribution is 6.06. The van der Waals surface area contributed by atoms with Crippen LogP contribution in [0, 0.1) is 5.41 Å². The number of amides is 1. The number of para-hydroxylation sites is 1.